The lowest BCUT2D eigenvalue weighted by Crippen LogP contribution is -2.22. The van der Waals surface area contributed by atoms with Crippen molar-refractivity contribution in [2.75, 3.05) is 11.9 Å². The van der Waals surface area contributed by atoms with E-state index in [1.54, 1.807) is 30.3 Å². The third kappa shape index (κ3) is 3.69. The molecule has 0 aliphatic carbocycles. The molecule has 2 amide bonds. The van der Waals surface area contributed by atoms with Crippen LogP contribution in [-0.2, 0) is 0 Å². The highest BCUT2D eigenvalue weighted by molar-refractivity contribution is 6.05. The summed E-state index contributed by atoms with van der Waals surface area (Å²) in [6.07, 6.45) is 0. The molecule has 0 heterocycles. The first-order valence-corrected chi connectivity index (χ1v) is 6.87. The van der Waals surface area contributed by atoms with Gasteiger partial charge in [-0.25, -0.2) is 0 Å². The summed E-state index contributed by atoms with van der Waals surface area (Å²) in [5.74, 6) is -0.272. The summed E-state index contributed by atoms with van der Waals surface area (Å²) >= 11 is 0. The van der Waals surface area contributed by atoms with Gasteiger partial charge >= 0.3 is 0 Å². The summed E-state index contributed by atoms with van der Waals surface area (Å²) in [5, 5.41) is 5.60. The second-order valence-electron chi connectivity index (χ2n) is 4.71. The highest BCUT2D eigenvalue weighted by Gasteiger charge is 2.10. The minimum atomic E-state index is -0.163. The highest BCUT2D eigenvalue weighted by Crippen LogP contribution is 2.17. The number of aryl methyl sites for hydroxylation is 1. The van der Waals surface area contributed by atoms with E-state index in [-0.39, 0.29) is 11.8 Å². The maximum Gasteiger partial charge on any atom is 0.255 e. The fraction of sp³-hybridized carbons (Fsp3) is 0.176. The molecule has 0 bridgehead atoms. The van der Waals surface area contributed by atoms with Gasteiger partial charge in [-0.2, -0.15) is 0 Å². The normalized spacial score (nSPS) is 10.0. The van der Waals surface area contributed by atoms with Gasteiger partial charge in [0.2, 0.25) is 0 Å². The van der Waals surface area contributed by atoms with Gasteiger partial charge in [0.05, 0.1) is 0 Å². The van der Waals surface area contributed by atoms with Gasteiger partial charge in [-0.15, -0.1) is 0 Å². The maximum atomic E-state index is 12.1. The quantitative estimate of drug-likeness (QED) is 0.905. The number of amides is 2. The zero-order valence-electron chi connectivity index (χ0n) is 12.1. The van der Waals surface area contributed by atoms with Crippen molar-refractivity contribution >= 4 is 17.5 Å². The van der Waals surface area contributed by atoms with Gasteiger partial charge in [0.15, 0.2) is 0 Å². The minimum Gasteiger partial charge on any atom is -0.352 e. The molecule has 0 aromatic heterocycles. The summed E-state index contributed by atoms with van der Waals surface area (Å²) in [6, 6.07) is 14.2. The zero-order chi connectivity index (χ0) is 15.2. The largest absolute Gasteiger partial charge is 0.352 e. The van der Waals surface area contributed by atoms with Crippen LogP contribution in [0.1, 0.15) is 33.2 Å². The monoisotopic (exact) mass is 282 g/mol. The molecular weight excluding hydrogens is 264 g/mol. The van der Waals surface area contributed by atoms with E-state index in [0.717, 1.165) is 5.56 Å². The maximum absolute atomic E-state index is 12.1. The Morgan fingerprint density at radius 1 is 0.952 bits per heavy atom. The van der Waals surface area contributed by atoms with Crippen LogP contribution in [0.5, 0.6) is 0 Å². The molecule has 2 aromatic rings. The lowest BCUT2D eigenvalue weighted by molar-refractivity contribution is 0.0955. The van der Waals surface area contributed by atoms with Crippen LogP contribution in [0.4, 0.5) is 5.69 Å². The summed E-state index contributed by atoms with van der Waals surface area (Å²) in [7, 11) is 0. The van der Waals surface area contributed by atoms with E-state index >= 15 is 0 Å². The molecule has 4 heteroatoms. The zero-order valence-corrected chi connectivity index (χ0v) is 12.1. The second-order valence-corrected chi connectivity index (χ2v) is 4.71. The standard InChI is InChI=1S/C17H18N2O2/c1-3-18-16(20)14-9-10-15(12(2)11-14)19-17(21)13-7-5-4-6-8-13/h4-11H,3H2,1-2H3,(H,18,20)(H,19,21). The van der Waals surface area contributed by atoms with Gasteiger partial charge in [-0.3, -0.25) is 9.59 Å². The average molecular weight is 282 g/mol. The minimum absolute atomic E-state index is 0.110. The number of hydrogen-bond donors (Lipinski definition) is 2. The van der Waals surface area contributed by atoms with Crippen molar-refractivity contribution in [2.45, 2.75) is 13.8 Å². The van der Waals surface area contributed by atoms with Crippen molar-refractivity contribution in [3.8, 4) is 0 Å². The number of carbonyl (C=O) groups is 2. The molecule has 0 saturated heterocycles. The number of anilines is 1. The predicted octanol–water partition coefficient (Wildman–Crippen LogP) is 3.00. The molecule has 4 nitrogen and oxygen atoms in total. The van der Waals surface area contributed by atoms with Gasteiger partial charge in [0.1, 0.15) is 0 Å². The molecule has 0 aliphatic heterocycles. The molecule has 2 N–H and O–H groups in total. The molecule has 21 heavy (non-hydrogen) atoms. The fourth-order valence-corrected chi connectivity index (χ4v) is 1.99. The van der Waals surface area contributed by atoms with Crippen molar-refractivity contribution in [1.82, 2.24) is 5.32 Å². The molecule has 0 saturated carbocycles. The van der Waals surface area contributed by atoms with E-state index < -0.39 is 0 Å². The van der Waals surface area contributed by atoms with Crippen molar-refractivity contribution in [3.05, 3.63) is 65.2 Å². The van der Waals surface area contributed by atoms with Crippen molar-refractivity contribution in [1.29, 1.82) is 0 Å². The molecule has 0 aliphatic rings. The fourth-order valence-electron chi connectivity index (χ4n) is 1.99. The first-order valence-electron chi connectivity index (χ1n) is 6.87. The van der Waals surface area contributed by atoms with Crippen LogP contribution in [0.25, 0.3) is 0 Å². The topological polar surface area (TPSA) is 58.2 Å². The van der Waals surface area contributed by atoms with Crippen LogP contribution >= 0.6 is 0 Å². The smallest absolute Gasteiger partial charge is 0.255 e. The van der Waals surface area contributed by atoms with Crippen LogP contribution in [0.15, 0.2) is 48.5 Å². The molecule has 108 valence electrons. The Bertz CT molecular complexity index is 651. The van der Waals surface area contributed by atoms with Crippen LogP contribution in [0, 0.1) is 6.92 Å². The molecule has 0 spiro atoms. The van der Waals surface area contributed by atoms with Crippen molar-refractivity contribution in [3.63, 3.8) is 0 Å². The molecule has 0 fully saturated rings. The first kappa shape index (κ1) is 14.8. The van der Waals surface area contributed by atoms with E-state index in [1.807, 2.05) is 32.0 Å². The summed E-state index contributed by atoms with van der Waals surface area (Å²) in [6.45, 7) is 4.33. The van der Waals surface area contributed by atoms with Crippen LogP contribution in [0.3, 0.4) is 0 Å². The van der Waals surface area contributed by atoms with Crippen LogP contribution < -0.4 is 10.6 Å². The number of carbonyl (C=O) groups excluding carboxylic acids is 2. The molecular formula is C17H18N2O2. The van der Waals surface area contributed by atoms with E-state index in [9.17, 15) is 9.59 Å². The third-order valence-electron chi connectivity index (χ3n) is 3.11. The molecule has 0 unspecified atom stereocenters. The van der Waals surface area contributed by atoms with Crippen molar-refractivity contribution in [2.24, 2.45) is 0 Å². The van der Waals surface area contributed by atoms with E-state index in [4.69, 9.17) is 0 Å². The Balaban J connectivity index is 2.15. The second kappa shape index (κ2) is 6.70. The highest BCUT2D eigenvalue weighted by atomic mass is 16.2. The Kier molecular flexibility index (Phi) is 4.72. The number of nitrogens with one attached hydrogen (secondary N) is 2. The van der Waals surface area contributed by atoms with Crippen LogP contribution in [-0.4, -0.2) is 18.4 Å². The van der Waals surface area contributed by atoms with Crippen LogP contribution in [0.2, 0.25) is 0 Å². The van der Waals surface area contributed by atoms with Gasteiger partial charge in [0.25, 0.3) is 11.8 Å². The van der Waals surface area contributed by atoms with Gasteiger partial charge in [-0.05, 0) is 49.7 Å². The summed E-state index contributed by atoms with van der Waals surface area (Å²) in [5.41, 5.74) is 2.75. The predicted molar refractivity (Wildman–Crippen MR) is 83.6 cm³/mol. The summed E-state index contributed by atoms with van der Waals surface area (Å²) in [4.78, 5) is 23.9. The number of benzene rings is 2. The average Bonchev–Trinajstić information content (AvgIpc) is 2.50. The van der Waals surface area contributed by atoms with E-state index in [2.05, 4.69) is 10.6 Å². The number of hydrogen-bond acceptors (Lipinski definition) is 2. The summed E-state index contributed by atoms with van der Waals surface area (Å²) < 4.78 is 0. The first-order chi connectivity index (χ1) is 10.1. The Morgan fingerprint density at radius 2 is 1.67 bits per heavy atom. The van der Waals surface area contributed by atoms with Gasteiger partial charge in [0, 0.05) is 23.4 Å². The van der Waals surface area contributed by atoms with Gasteiger partial charge in [-0.1, -0.05) is 18.2 Å². The molecule has 0 radical (unpaired) electrons. The lowest BCUT2D eigenvalue weighted by atomic mass is 10.1. The van der Waals surface area contributed by atoms with Gasteiger partial charge < -0.3 is 10.6 Å². The Labute approximate surface area is 124 Å². The van der Waals surface area contributed by atoms with E-state index in [1.165, 1.54) is 0 Å². The lowest BCUT2D eigenvalue weighted by Gasteiger charge is -2.10. The number of rotatable bonds is 4. The SMILES string of the molecule is CCNC(=O)c1ccc(NC(=O)c2ccccc2)c(C)c1. The Morgan fingerprint density at radius 3 is 2.29 bits per heavy atom. The molecule has 2 aromatic carbocycles. The third-order valence-corrected chi connectivity index (χ3v) is 3.11. The van der Waals surface area contributed by atoms with Crippen molar-refractivity contribution < 1.29 is 9.59 Å². The Hall–Kier alpha value is -2.62. The van der Waals surface area contributed by atoms with E-state index in [0.29, 0.717) is 23.4 Å². The molecule has 2 rings (SSSR count). The molecule has 0 atom stereocenters.